The van der Waals surface area contributed by atoms with E-state index in [0.717, 1.165) is 6.42 Å². The maximum atomic E-state index is 11.8. The topological polar surface area (TPSA) is 65.0 Å². The van der Waals surface area contributed by atoms with Crippen LogP contribution in [0.2, 0.25) is 0 Å². The van der Waals surface area contributed by atoms with Crippen LogP contribution in [0.15, 0.2) is 12.1 Å². The lowest BCUT2D eigenvalue weighted by Gasteiger charge is -2.39. The van der Waals surface area contributed by atoms with Gasteiger partial charge in [-0.15, -0.1) is 0 Å². The van der Waals surface area contributed by atoms with Crippen LogP contribution in [-0.4, -0.2) is 31.4 Å². The zero-order chi connectivity index (χ0) is 15.6. The Morgan fingerprint density at radius 2 is 1.86 bits per heavy atom. The number of hydrogen-bond donors (Lipinski definition) is 1. The molecule has 1 aliphatic carbocycles. The number of carboxylic acid groups (broad SMARTS) is 1. The van der Waals surface area contributed by atoms with Gasteiger partial charge in [-0.1, -0.05) is 12.5 Å². The van der Waals surface area contributed by atoms with Crippen LogP contribution in [0.5, 0.6) is 17.2 Å². The van der Waals surface area contributed by atoms with Gasteiger partial charge in [0.25, 0.3) is 0 Å². The summed E-state index contributed by atoms with van der Waals surface area (Å²) in [5.41, 5.74) is -0.198. The molecule has 0 amide bonds. The van der Waals surface area contributed by atoms with Gasteiger partial charge in [-0.25, -0.2) is 0 Å². The van der Waals surface area contributed by atoms with E-state index in [1.807, 2.05) is 13.8 Å². The summed E-state index contributed by atoms with van der Waals surface area (Å²) in [4.78, 5) is 11.8. The van der Waals surface area contributed by atoms with Crippen LogP contribution in [0.1, 0.15) is 38.7 Å². The van der Waals surface area contributed by atoms with Crippen LogP contribution in [0, 0.1) is 0 Å². The second-order valence-corrected chi connectivity index (χ2v) is 5.59. The molecule has 1 fully saturated rings. The van der Waals surface area contributed by atoms with Crippen molar-refractivity contribution in [3.8, 4) is 17.2 Å². The smallest absolute Gasteiger partial charge is 0.314 e. The van der Waals surface area contributed by atoms with Gasteiger partial charge in [-0.3, -0.25) is 4.79 Å². The third-order valence-corrected chi connectivity index (χ3v) is 3.99. The first-order valence-corrected chi connectivity index (χ1v) is 7.11. The average Bonchev–Trinajstić information content (AvgIpc) is 2.37. The van der Waals surface area contributed by atoms with E-state index >= 15 is 0 Å². The molecule has 5 nitrogen and oxygen atoms in total. The van der Waals surface area contributed by atoms with Crippen molar-refractivity contribution < 1.29 is 24.1 Å². The van der Waals surface area contributed by atoms with Gasteiger partial charge in [-0.2, -0.15) is 0 Å². The van der Waals surface area contributed by atoms with Gasteiger partial charge in [0.15, 0.2) is 11.5 Å². The summed E-state index contributed by atoms with van der Waals surface area (Å²) in [6, 6.07) is 3.52. The molecular weight excluding hydrogens is 272 g/mol. The Kier molecular flexibility index (Phi) is 4.30. The fraction of sp³-hybridized carbons (Fsp3) is 0.562. The van der Waals surface area contributed by atoms with E-state index in [9.17, 15) is 9.90 Å². The van der Waals surface area contributed by atoms with E-state index in [4.69, 9.17) is 14.2 Å². The van der Waals surface area contributed by atoms with Crippen LogP contribution in [0.25, 0.3) is 0 Å². The summed E-state index contributed by atoms with van der Waals surface area (Å²) in [6.07, 6.45) is 2.05. The number of aliphatic carboxylic acids is 1. The zero-order valence-electron chi connectivity index (χ0n) is 12.9. The van der Waals surface area contributed by atoms with E-state index in [1.54, 1.807) is 19.2 Å². The van der Waals surface area contributed by atoms with Crippen LogP contribution in [0.3, 0.4) is 0 Å². The van der Waals surface area contributed by atoms with E-state index in [-0.39, 0.29) is 6.10 Å². The van der Waals surface area contributed by atoms with E-state index in [2.05, 4.69) is 0 Å². The molecule has 0 saturated heterocycles. The third kappa shape index (κ3) is 2.52. The molecule has 0 aliphatic heterocycles. The molecule has 116 valence electrons. The van der Waals surface area contributed by atoms with Crippen molar-refractivity contribution in [3.05, 3.63) is 17.7 Å². The molecule has 0 bridgehead atoms. The van der Waals surface area contributed by atoms with E-state index in [1.165, 1.54) is 7.11 Å². The number of ether oxygens (including phenoxy) is 3. The van der Waals surface area contributed by atoms with Crippen molar-refractivity contribution in [1.29, 1.82) is 0 Å². The lowest BCUT2D eigenvalue weighted by atomic mass is 9.64. The monoisotopic (exact) mass is 294 g/mol. The summed E-state index contributed by atoms with van der Waals surface area (Å²) in [5, 5.41) is 9.66. The van der Waals surface area contributed by atoms with Crippen LogP contribution >= 0.6 is 0 Å². The minimum atomic E-state index is -0.871. The normalized spacial score (nSPS) is 16.2. The molecule has 2 rings (SSSR count). The van der Waals surface area contributed by atoms with E-state index < -0.39 is 11.4 Å². The van der Waals surface area contributed by atoms with Gasteiger partial charge < -0.3 is 19.3 Å². The number of hydrogen-bond acceptors (Lipinski definition) is 4. The highest BCUT2D eigenvalue weighted by Gasteiger charge is 2.48. The highest BCUT2D eigenvalue weighted by molar-refractivity contribution is 5.84. The maximum absolute atomic E-state index is 11.8. The number of carbonyl (C=O) groups is 1. The number of methoxy groups -OCH3 is 2. The molecule has 0 radical (unpaired) electrons. The largest absolute Gasteiger partial charge is 0.493 e. The van der Waals surface area contributed by atoms with Crippen molar-refractivity contribution in [3.63, 3.8) is 0 Å². The Hall–Kier alpha value is -1.91. The predicted octanol–water partition coefficient (Wildman–Crippen LogP) is 3.00. The quantitative estimate of drug-likeness (QED) is 0.873. The molecular formula is C16H22O5. The molecule has 1 N–H and O–H groups in total. The Labute approximate surface area is 124 Å². The molecule has 1 aromatic rings. The lowest BCUT2D eigenvalue weighted by molar-refractivity contribution is -0.147. The summed E-state index contributed by atoms with van der Waals surface area (Å²) >= 11 is 0. The Balaban J connectivity index is 2.62. The number of benzene rings is 1. The van der Waals surface area contributed by atoms with Crippen molar-refractivity contribution in [2.75, 3.05) is 14.2 Å². The summed E-state index contributed by atoms with van der Waals surface area (Å²) in [5.74, 6) is 0.663. The van der Waals surface area contributed by atoms with Gasteiger partial charge >= 0.3 is 5.97 Å². The maximum Gasteiger partial charge on any atom is 0.314 e. The molecule has 0 aromatic heterocycles. The molecule has 0 unspecified atom stereocenters. The summed E-state index contributed by atoms with van der Waals surface area (Å²) in [6.45, 7) is 3.80. The first kappa shape index (κ1) is 15.5. The molecule has 1 aliphatic rings. The molecule has 1 aromatic carbocycles. The Morgan fingerprint density at radius 3 is 2.24 bits per heavy atom. The van der Waals surface area contributed by atoms with Gasteiger partial charge in [0.2, 0.25) is 5.75 Å². The molecule has 0 spiro atoms. The fourth-order valence-corrected chi connectivity index (χ4v) is 2.76. The third-order valence-electron chi connectivity index (χ3n) is 3.99. The number of rotatable bonds is 6. The zero-order valence-corrected chi connectivity index (χ0v) is 12.9. The molecule has 1 saturated carbocycles. The second kappa shape index (κ2) is 5.84. The summed E-state index contributed by atoms with van der Waals surface area (Å²) < 4.78 is 16.6. The minimum absolute atomic E-state index is 0.0873. The number of carboxylic acids is 1. The molecule has 21 heavy (non-hydrogen) atoms. The Bertz CT molecular complexity index is 532. The molecule has 0 heterocycles. The first-order valence-electron chi connectivity index (χ1n) is 7.11. The van der Waals surface area contributed by atoms with Crippen molar-refractivity contribution in [2.24, 2.45) is 0 Å². The Morgan fingerprint density at radius 1 is 1.19 bits per heavy atom. The van der Waals surface area contributed by atoms with Gasteiger partial charge in [0, 0.05) is 5.56 Å². The molecule has 5 heteroatoms. The van der Waals surface area contributed by atoms with Crippen molar-refractivity contribution in [2.45, 2.75) is 44.6 Å². The van der Waals surface area contributed by atoms with Gasteiger partial charge in [0.1, 0.15) is 0 Å². The SMILES string of the molecule is COc1ccc(C2(C(=O)O)CCC2)c(OC(C)C)c1OC. The highest BCUT2D eigenvalue weighted by Crippen LogP contribution is 2.52. The highest BCUT2D eigenvalue weighted by atomic mass is 16.5. The van der Waals surface area contributed by atoms with Crippen molar-refractivity contribution >= 4 is 5.97 Å². The van der Waals surface area contributed by atoms with Crippen LogP contribution in [-0.2, 0) is 10.2 Å². The van der Waals surface area contributed by atoms with Crippen LogP contribution < -0.4 is 14.2 Å². The first-order chi connectivity index (χ1) is 9.96. The molecule has 0 atom stereocenters. The van der Waals surface area contributed by atoms with Gasteiger partial charge in [-0.05, 0) is 32.8 Å². The average molecular weight is 294 g/mol. The van der Waals surface area contributed by atoms with Crippen molar-refractivity contribution in [1.82, 2.24) is 0 Å². The van der Waals surface area contributed by atoms with Crippen LogP contribution in [0.4, 0.5) is 0 Å². The minimum Gasteiger partial charge on any atom is -0.493 e. The van der Waals surface area contributed by atoms with E-state index in [0.29, 0.717) is 35.7 Å². The second-order valence-electron chi connectivity index (χ2n) is 5.59. The summed E-state index contributed by atoms with van der Waals surface area (Å²) in [7, 11) is 3.08. The lowest BCUT2D eigenvalue weighted by Crippen LogP contribution is -2.42. The standard InChI is InChI=1S/C16H22O5/c1-10(2)21-13-11(16(15(17)18)8-5-9-16)6-7-12(19-3)14(13)20-4/h6-7,10H,5,8-9H2,1-4H3,(H,17,18). The predicted molar refractivity (Wildman–Crippen MR) is 78.5 cm³/mol. The fourth-order valence-electron chi connectivity index (χ4n) is 2.76. The van der Waals surface area contributed by atoms with Gasteiger partial charge in [0.05, 0.1) is 25.7 Å².